The second kappa shape index (κ2) is 7.47. The highest BCUT2D eigenvalue weighted by Gasteiger charge is 2.10. The number of nitrogens with zero attached hydrogens (tertiary/aromatic N) is 1. The van der Waals surface area contributed by atoms with Crippen LogP contribution in [-0.4, -0.2) is 6.54 Å². The highest BCUT2D eigenvalue weighted by molar-refractivity contribution is 5.36. The van der Waals surface area contributed by atoms with Crippen LogP contribution in [0.25, 0.3) is 0 Å². The van der Waals surface area contributed by atoms with Gasteiger partial charge in [-0.15, -0.1) is 0 Å². The van der Waals surface area contributed by atoms with Crippen molar-refractivity contribution in [1.29, 1.82) is 5.26 Å². The summed E-state index contributed by atoms with van der Waals surface area (Å²) in [6.07, 6.45) is 0. The first kappa shape index (κ1) is 15.1. The van der Waals surface area contributed by atoms with Crippen molar-refractivity contribution < 1.29 is 4.74 Å². The fourth-order valence-electron chi connectivity index (χ4n) is 2.22. The van der Waals surface area contributed by atoms with Crippen LogP contribution in [0.3, 0.4) is 0 Å². The molecule has 21 heavy (non-hydrogen) atoms. The van der Waals surface area contributed by atoms with Crippen molar-refractivity contribution in [2.24, 2.45) is 0 Å². The van der Waals surface area contributed by atoms with E-state index in [-0.39, 0.29) is 6.04 Å². The van der Waals surface area contributed by atoms with E-state index in [1.165, 1.54) is 0 Å². The molecular weight excluding hydrogens is 260 g/mol. The number of hydrogen-bond acceptors (Lipinski definition) is 3. The predicted molar refractivity (Wildman–Crippen MR) is 84.0 cm³/mol. The summed E-state index contributed by atoms with van der Waals surface area (Å²) in [5.74, 6) is 0.898. The third kappa shape index (κ3) is 4.08. The molecule has 2 rings (SSSR count). The van der Waals surface area contributed by atoms with Crippen LogP contribution in [0.15, 0.2) is 48.5 Å². The lowest BCUT2D eigenvalue weighted by molar-refractivity contribution is 0.300. The van der Waals surface area contributed by atoms with Gasteiger partial charge >= 0.3 is 0 Å². The third-order valence-corrected chi connectivity index (χ3v) is 3.37. The van der Waals surface area contributed by atoms with Gasteiger partial charge in [-0.25, -0.2) is 0 Å². The molecule has 3 nitrogen and oxygen atoms in total. The van der Waals surface area contributed by atoms with E-state index in [1.807, 2.05) is 42.5 Å². The zero-order valence-corrected chi connectivity index (χ0v) is 12.5. The fourth-order valence-corrected chi connectivity index (χ4v) is 2.22. The molecule has 0 aliphatic rings. The molecule has 108 valence electrons. The van der Waals surface area contributed by atoms with Crippen molar-refractivity contribution in [2.75, 3.05) is 6.54 Å². The van der Waals surface area contributed by atoms with Crippen LogP contribution in [-0.2, 0) is 6.61 Å². The molecule has 2 aromatic carbocycles. The lowest BCUT2D eigenvalue weighted by Crippen LogP contribution is -2.18. The van der Waals surface area contributed by atoms with Gasteiger partial charge in [0, 0.05) is 11.6 Å². The molecule has 0 aliphatic heterocycles. The Hall–Kier alpha value is -2.31. The summed E-state index contributed by atoms with van der Waals surface area (Å²) >= 11 is 0. The van der Waals surface area contributed by atoms with E-state index in [4.69, 9.17) is 10.00 Å². The predicted octanol–water partition coefficient (Wildman–Crippen LogP) is 3.81. The number of nitrogens with one attached hydrogen (secondary N) is 1. The number of nitriles is 1. The molecule has 3 heteroatoms. The Balaban J connectivity index is 2.07. The van der Waals surface area contributed by atoms with Gasteiger partial charge in [-0.05, 0) is 37.2 Å². The topological polar surface area (TPSA) is 45.0 Å². The summed E-state index contributed by atoms with van der Waals surface area (Å²) in [4.78, 5) is 0. The Labute approximate surface area is 126 Å². The summed E-state index contributed by atoms with van der Waals surface area (Å²) in [6.45, 7) is 5.65. The molecule has 0 heterocycles. The number of para-hydroxylation sites is 1. The Morgan fingerprint density at radius 3 is 2.52 bits per heavy atom. The maximum atomic E-state index is 8.80. The van der Waals surface area contributed by atoms with Gasteiger partial charge in [-0.3, -0.25) is 0 Å². The maximum absolute atomic E-state index is 8.80. The number of hydrogen-bond donors (Lipinski definition) is 1. The molecule has 0 aromatic heterocycles. The molecule has 0 radical (unpaired) electrons. The van der Waals surface area contributed by atoms with Gasteiger partial charge in [-0.1, -0.05) is 37.3 Å². The molecule has 0 saturated carbocycles. The highest BCUT2D eigenvalue weighted by atomic mass is 16.5. The smallest absolute Gasteiger partial charge is 0.124 e. The van der Waals surface area contributed by atoms with Gasteiger partial charge < -0.3 is 10.1 Å². The lowest BCUT2D eigenvalue weighted by atomic mass is 10.1. The summed E-state index contributed by atoms with van der Waals surface area (Å²) in [7, 11) is 0. The quantitative estimate of drug-likeness (QED) is 0.875. The monoisotopic (exact) mass is 280 g/mol. The Bertz CT molecular complexity index is 614. The molecule has 1 N–H and O–H groups in total. The van der Waals surface area contributed by atoms with Crippen LogP contribution in [0, 0.1) is 11.3 Å². The van der Waals surface area contributed by atoms with E-state index < -0.39 is 0 Å². The van der Waals surface area contributed by atoms with Crippen LogP contribution in [0.4, 0.5) is 0 Å². The molecule has 2 aromatic rings. The summed E-state index contributed by atoms with van der Waals surface area (Å²) in [5, 5.41) is 12.2. The van der Waals surface area contributed by atoms with E-state index in [0.717, 1.165) is 23.4 Å². The van der Waals surface area contributed by atoms with Crippen LogP contribution in [0.2, 0.25) is 0 Å². The van der Waals surface area contributed by atoms with E-state index in [9.17, 15) is 0 Å². The minimum Gasteiger partial charge on any atom is -0.489 e. The van der Waals surface area contributed by atoms with Crippen molar-refractivity contribution in [3.05, 3.63) is 65.2 Å². The summed E-state index contributed by atoms with van der Waals surface area (Å²) in [6, 6.07) is 17.9. The molecule has 0 bridgehead atoms. The second-order valence-electron chi connectivity index (χ2n) is 4.91. The first-order valence-electron chi connectivity index (χ1n) is 7.18. The average Bonchev–Trinajstić information content (AvgIpc) is 2.54. The standard InChI is InChI=1S/C18H20N2O/c1-3-20-14(2)17-6-4-5-7-18(17)21-13-16-10-8-15(12-19)9-11-16/h4-11,14,20H,3,13H2,1-2H3. The first-order chi connectivity index (χ1) is 10.2. The molecule has 1 unspecified atom stereocenters. The van der Waals surface area contributed by atoms with Crippen LogP contribution in [0.5, 0.6) is 5.75 Å². The molecule has 0 aliphatic carbocycles. The van der Waals surface area contributed by atoms with E-state index in [0.29, 0.717) is 12.2 Å². The molecule has 0 saturated heterocycles. The number of benzene rings is 2. The van der Waals surface area contributed by atoms with E-state index in [1.54, 1.807) is 0 Å². The number of ether oxygens (including phenoxy) is 1. The zero-order valence-electron chi connectivity index (χ0n) is 12.5. The molecule has 0 amide bonds. The van der Waals surface area contributed by atoms with Crippen molar-refractivity contribution in [2.45, 2.75) is 26.5 Å². The Kier molecular flexibility index (Phi) is 5.36. The zero-order chi connectivity index (χ0) is 15.1. The van der Waals surface area contributed by atoms with Crippen LogP contribution >= 0.6 is 0 Å². The van der Waals surface area contributed by atoms with Gasteiger partial charge in [0.25, 0.3) is 0 Å². The summed E-state index contributed by atoms with van der Waals surface area (Å²) < 4.78 is 5.94. The minimum absolute atomic E-state index is 0.257. The van der Waals surface area contributed by atoms with Gasteiger partial charge in [0.1, 0.15) is 12.4 Å². The number of rotatable bonds is 6. The van der Waals surface area contributed by atoms with Crippen molar-refractivity contribution >= 4 is 0 Å². The van der Waals surface area contributed by atoms with Gasteiger partial charge in [0.2, 0.25) is 0 Å². The molecule has 1 atom stereocenters. The van der Waals surface area contributed by atoms with Crippen LogP contribution < -0.4 is 10.1 Å². The fraction of sp³-hybridized carbons (Fsp3) is 0.278. The second-order valence-corrected chi connectivity index (χ2v) is 4.91. The molecular formula is C18H20N2O. The van der Waals surface area contributed by atoms with Crippen LogP contribution in [0.1, 0.15) is 36.6 Å². The van der Waals surface area contributed by atoms with Crippen molar-refractivity contribution in [3.8, 4) is 11.8 Å². The molecule has 0 fully saturated rings. The first-order valence-corrected chi connectivity index (χ1v) is 7.18. The highest BCUT2D eigenvalue weighted by Crippen LogP contribution is 2.25. The van der Waals surface area contributed by atoms with Crippen molar-refractivity contribution in [3.63, 3.8) is 0 Å². The minimum atomic E-state index is 0.257. The Morgan fingerprint density at radius 2 is 1.86 bits per heavy atom. The molecule has 0 spiro atoms. The van der Waals surface area contributed by atoms with Gasteiger partial charge in [0.15, 0.2) is 0 Å². The van der Waals surface area contributed by atoms with E-state index in [2.05, 4.69) is 31.3 Å². The SMILES string of the molecule is CCNC(C)c1ccccc1OCc1ccc(C#N)cc1. The maximum Gasteiger partial charge on any atom is 0.124 e. The van der Waals surface area contributed by atoms with Gasteiger partial charge in [0.05, 0.1) is 11.6 Å². The third-order valence-electron chi connectivity index (χ3n) is 3.37. The summed E-state index contributed by atoms with van der Waals surface area (Å²) in [5.41, 5.74) is 2.88. The largest absolute Gasteiger partial charge is 0.489 e. The van der Waals surface area contributed by atoms with Crippen molar-refractivity contribution in [1.82, 2.24) is 5.32 Å². The average molecular weight is 280 g/mol. The Morgan fingerprint density at radius 1 is 1.14 bits per heavy atom. The van der Waals surface area contributed by atoms with E-state index >= 15 is 0 Å². The van der Waals surface area contributed by atoms with Gasteiger partial charge in [-0.2, -0.15) is 5.26 Å². The normalized spacial score (nSPS) is 11.7. The lowest BCUT2D eigenvalue weighted by Gasteiger charge is -2.17.